The van der Waals surface area contributed by atoms with Crippen LogP contribution in [-0.4, -0.2) is 33.8 Å². The summed E-state index contributed by atoms with van der Waals surface area (Å²) in [6, 6.07) is 10.3. The zero-order valence-corrected chi connectivity index (χ0v) is 12.6. The summed E-state index contributed by atoms with van der Waals surface area (Å²) in [5.74, 6) is 0. The molecular formula is C15H19N3S. The number of hydrogen-bond acceptors (Lipinski definition) is 2. The number of nitrogens with zero attached hydrogens (tertiary/aromatic N) is 3. The van der Waals surface area contributed by atoms with Crippen molar-refractivity contribution in [3.63, 3.8) is 0 Å². The highest BCUT2D eigenvalue weighted by Gasteiger charge is 2.16. The zero-order valence-electron chi connectivity index (χ0n) is 11.8. The Hall–Kier alpha value is -1.68. The average Bonchev–Trinajstić information content (AvgIpc) is 2.80. The third kappa shape index (κ3) is 2.84. The Morgan fingerprint density at radius 1 is 1.26 bits per heavy atom. The van der Waals surface area contributed by atoms with E-state index in [1.807, 2.05) is 41.9 Å². The Morgan fingerprint density at radius 3 is 2.47 bits per heavy atom. The lowest BCUT2D eigenvalue weighted by molar-refractivity contribution is 0.532. The summed E-state index contributed by atoms with van der Waals surface area (Å²) in [6.45, 7) is 4.15. The molecule has 0 aliphatic heterocycles. The molecule has 0 fully saturated rings. The molecule has 1 heterocycles. The summed E-state index contributed by atoms with van der Waals surface area (Å²) in [4.78, 5) is 2.83. The molecule has 19 heavy (non-hydrogen) atoms. The van der Waals surface area contributed by atoms with Gasteiger partial charge in [-0.05, 0) is 19.4 Å². The molecule has 0 saturated heterocycles. The van der Waals surface area contributed by atoms with Crippen LogP contribution in [0.5, 0.6) is 0 Å². The first-order valence-electron chi connectivity index (χ1n) is 6.33. The summed E-state index contributed by atoms with van der Waals surface area (Å²) in [5, 5.41) is 4.69. The molecule has 0 spiro atoms. The standard InChI is InChI=1S/C15H19N3S/c1-11-10-18(12(2)15(19)17(3)4)16-14(11)13-8-6-5-7-9-13/h5-10,12H,1-4H3. The van der Waals surface area contributed by atoms with E-state index in [-0.39, 0.29) is 6.04 Å². The van der Waals surface area contributed by atoms with Crippen LogP contribution in [0.25, 0.3) is 11.3 Å². The van der Waals surface area contributed by atoms with Crippen LogP contribution >= 0.6 is 12.2 Å². The number of thiocarbonyl (C=S) groups is 1. The van der Waals surface area contributed by atoms with E-state index in [2.05, 4.69) is 37.3 Å². The molecule has 1 unspecified atom stereocenters. The van der Waals surface area contributed by atoms with Crippen molar-refractivity contribution in [1.82, 2.24) is 14.7 Å². The highest BCUT2D eigenvalue weighted by atomic mass is 32.1. The molecule has 0 saturated carbocycles. The molecule has 4 heteroatoms. The maximum Gasteiger partial charge on any atom is 0.102 e. The van der Waals surface area contributed by atoms with E-state index in [0.717, 1.165) is 16.2 Å². The summed E-state index contributed by atoms with van der Waals surface area (Å²) in [7, 11) is 3.93. The van der Waals surface area contributed by atoms with Crippen LogP contribution in [0.4, 0.5) is 0 Å². The van der Waals surface area contributed by atoms with Crippen molar-refractivity contribution in [1.29, 1.82) is 0 Å². The second-order valence-electron chi connectivity index (χ2n) is 4.92. The lowest BCUT2D eigenvalue weighted by atomic mass is 10.1. The van der Waals surface area contributed by atoms with Crippen molar-refractivity contribution in [3.8, 4) is 11.3 Å². The Kier molecular flexibility index (Phi) is 4.00. The van der Waals surface area contributed by atoms with Gasteiger partial charge in [0, 0.05) is 25.9 Å². The fourth-order valence-electron chi connectivity index (χ4n) is 2.05. The maximum absolute atomic E-state index is 5.42. The third-order valence-electron chi connectivity index (χ3n) is 3.16. The number of aromatic nitrogens is 2. The van der Waals surface area contributed by atoms with Crippen molar-refractivity contribution < 1.29 is 0 Å². The summed E-state index contributed by atoms with van der Waals surface area (Å²) in [5.41, 5.74) is 3.33. The van der Waals surface area contributed by atoms with Crippen molar-refractivity contribution in [2.75, 3.05) is 14.1 Å². The van der Waals surface area contributed by atoms with Gasteiger partial charge < -0.3 is 4.90 Å². The number of benzene rings is 1. The van der Waals surface area contributed by atoms with Gasteiger partial charge in [-0.1, -0.05) is 42.5 Å². The summed E-state index contributed by atoms with van der Waals surface area (Å²) in [6.07, 6.45) is 2.06. The first kappa shape index (κ1) is 13.7. The number of hydrogen-bond donors (Lipinski definition) is 0. The van der Waals surface area contributed by atoms with Gasteiger partial charge in [0.1, 0.15) is 4.99 Å². The molecule has 0 radical (unpaired) electrons. The minimum absolute atomic E-state index is 0.0844. The first-order chi connectivity index (χ1) is 9.00. The number of aryl methyl sites for hydroxylation is 1. The Morgan fingerprint density at radius 2 is 1.89 bits per heavy atom. The van der Waals surface area contributed by atoms with Crippen molar-refractivity contribution in [2.45, 2.75) is 19.9 Å². The van der Waals surface area contributed by atoms with E-state index < -0.39 is 0 Å². The van der Waals surface area contributed by atoms with Crippen molar-refractivity contribution in [2.24, 2.45) is 0 Å². The van der Waals surface area contributed by atoms with Crippen LogP contribution in [-0.2, 0) is 0 Å². The van der Waals surface area contributed by atoms with E-state index in [4.69, 9.17) is 12.2 Å². The van der Waals surface area contributed by atoms with Gasteiger partial charge in [0.25, 0.3) is 0 Å². The van der Waals surface area contributed by atoms with Gasteiger partial charge in [-0.2, -0.15) is 5.10 Å². The normalized spacial score (nSPS) is 12.2. The fraction of sp³-hybridized carbons (Fsp3) is 0.333. The minimum Gasteiger partial charge on any atom is -0.371 e. The molecule has 0 aliphatic carbocycles. The first-order valence-corrected chi connectivity index (χ1v) is 6.74. The topological polar surface area (TPSA) is 21.1 Å². The van der Waals surface area contributed by atoms with Gasteiger partial charge in [0.2, 0.25) is 0 Å². The molecule has 1 aromatic heterocycles. The SMILES string of the molecule is Cc1cn(C(C)C(=S)N(C)C)nc1-c1ccccc1. The van der Waals surface area contributed by atoms with Gasteiger partial charge in [-0.15, -0.1) is 0 Å². The van der Waals surface area contributed by atoms with E-state index in [1.165, 1.54) is 5.56 Å². The van der Waals surface area contributed by atoms with Crippen molar-refractivity contribution in [3.05, 3.63) is 42.1 Å². The smallest absolute Gasteiger partial charge is 0.102 e. The van der Waals surface area contributed by atoms with E-state index in [1.54, 1.807) is 0 Å². The lowest BCUT2D eigenvalue weighted by Gasteiger charge is -2.20. The molecular weight excluding hydrogens is 254 g/mol. The molecule has 2 aromatic rings. The third-order valence-corrected chi connectivity index (χ3v) is 3.86. The molecule has 1 atom stereocenters. The Labute approximate surface area is 119 Å². The molecule has 0 bridgehead atoms. The lowest BCUT2D eigenvalue weighted by Crippen LogP contribution is -2.28. The molecule has 3 nitrogen and oxygen atoms in total. The molecule has 0 N–H and O–H groups in total. The molecule has 0 aliphatic rings. The molecule has 2 rings (SSSR count). The molecule has 1 aromatic carbocycles. The Balaban J connectivity index is 2.34. The van der Waals surface area contributed by atoms with Crippen LogP contribution in [0.3, 0.4) is 0 Å². The van der Waals surface area contributed by atoms with Crippen LogP contribution < -0.4 is 0 Å². The Bertz CT molecular complexity index is 572. The number of likely N-dealkylation sites (N-methyl/N-ethyl adjacent to an activating group) is 1. The molecule has 100 valence electrons. The van der Waals surface area contributed by atoms with Crippen LogP contribution in [0, 0.1) is 6.92 Å². The van der Waals surface area contributed by atoms with E-state index in [0.29, 0.717) is 0 Å². The van der Waals surface area contributed by atoms with Gasteiger partial charge in [-0.3, -0.25) is 4.68 Å². The van der Waals surface area contributed by atoms with Crippen LogP contribution in [0.15, 0.2) is 36.5 Å². The minimum atomic E-state index is 0.0844. The van der Waals surface area contributed by atoms with Gasteiger partial charge in [0.05, 0.1) is 11.7 Å². The quantitative estimate of drug-likeness (QED) is 0.801. The highest BCUT2D eigenvalue weighted by Crippen LogP contribution is 2.23. The maximum atomic E-state index is 5.42. The molecule has 0 amide bonds. The second-order valence-corrected chi connectivity index (χ2v) is 5.33. The van der Waals surface area contributed by atoms with Gasteiger partial charge in [0.15, 0.2) is 0 Å². The monoisotopic (exact) mass is 273 g/mol. The van der Waals surface area contributed by atoms with E-state index in [9.17, 15) is 0 Å². The fourth-order valence-corrected chi connectivity index (χ4v) is 2.16. The van der Waals surface area contributed by atoms with Gasteiger partial charge in [-0.25, -0.2) is 0 Å². The predicted molar refractivity (Wildman–Crippen MR) is 83.4 cm³/mol. The largest absolute Gasteiger partial charge is 0.371 e. The van der Waals surface area contributed by atoms with Crippen LogP contribution in [0.1, 0.15) is 18.5 Å². The zero-order chi connectivity index (χ0) is 14.0. The second kappa shape index (κ2) is 5.53. The summed E-state index contributed by atoms with van der Waals surface area (Å²) < 4.78 is 1.94. The highest BCUT2D eigenvalue weighted by molar-refractivity contribution is 7.80. The van der Waals surface area contributed by atoms with Gasteiger partial charge >= 0.3 is 0 Å². The summed E-state index contributed by atoms with van der Waals surface area (Å²) >= 11 is 5.42. The van der Waals surface area contributed by atoms with Crippen LogP contribution in [0.2, 0.25) is 0 Å². The number of rotatable bonds is 3. The average molecular weight is 273 g/mol. The van der Waals surface area contributed by atoms with E-state index >= 15 is 0 Å². The predicted octanol–water partition coefficient (Wildman–Crippen LogP) is 3.31. The van der Waals surface area contributed by atoms with Crippen molar-refractivity contribution >= 4 is 17.2 Å².